The zero-order chi connectivity index (χ0) is 14.4. The van der Waals surface area contributed by atoms with Gasteiger partial charge in [-0.2, -0.15) is 0 Å². The SMILES string of the molecule is CC1(C)C(CNc2ncc(C(=O)O)cc2Cl)C1(C)C. The molecular weight excluding hydrogens is 264 g/mol. The number of pyridine rings is 1. The van der Waals surface area contributed by atoms with Crippen molar-refractivity contribution in [1.29, 1.82) is 0 Å². The van der Waals surface area contributed by atoms with Crippen LogP contribution in [0.2, 0.25) is 5.02 Å². The van der Waals surface area contributed by atoms with Crippen molar-refractivity contribution in [1.82, 2.24) is 4.98 Å². The Morgan fingerprint density at radius 2 is 2.00 bits per heavy atom. The first-order valence-corrected chi connectivity index (χ1v) is 6.68. The van der Waals surface area contributed by atoms with Crippen molar-refractivity contribution >= 4 is 23.4 Å². The van der Waals surface area contributed by atoms with Gasteiger partial charge in [0.15, 0.2) is 0 Å². The van der Waals surface area contributed by atoms with E-state index in [0.717, 1.165) is 6.54 Å². The van der Waals surface area contributed by atoms with Gasteiger partial charge in [0.2, 0.25) is 0 Å². The van der Waals surface area contributed by atoms with Crippen molar-refractivity contribution in [3.8, 4) is 0 Å². The summed E-state index contributed by atoms with van der Waals surface area (Å²) in [7, 11) is 0. The lowest BCUT2D eigenvalue weighted by atomic mass is 10.0. The van der Waals surface area contributed by atoms with Crippen LogP contribution in [0.1, 0.15) is 38.1 Å². The smallest absolute Gasteiger partial charge is 0.337 e. The molecule has 1 heterocycles. The van der Waals surface area contributed by atoms with Gasteiger partial charge in [0, 0.05) is 12.7 Å². The Kier molecular flexibility index (Phi) is 3.25. The lowest BCUT2D eigenvalue weighted by Crippen LogP contribution is -2.10. The Morgan fingerprint density at radius 3 is 2.42 bits per heavy atom. The molecule has 0 saturated heterocycles. The number of rotatable bonds is 4. The Bertz CT molecular complexity index is 512. The average molecular weight is 283 g/mol. The van der Waals surface area contributed by atoms with Crippen LogP contribution in [0.4, 0.5) is 5.82 Å². The molecule has 1 saturated carbocycles. The lowest BCUT2D eigenvalue weighted by Gasteiger charge is -2.09. The summed E-state index contributed by atoms with van der Waals surface area (Å²) in [6.07, 6.45) is 1.32. The van der Waals surface area contributed by atoms with Crippen LogP contribution in [0.5, 0.6) is 0 Å². The number of aromatic nitrogens is 1. The quantitative estimate of drug-likeness (QED) is 0.887. The average Bonchev–Trinajstić information content (AvgIpc) is 2.68. The van der Waals surface area contributed by atoms with E-state index in [1.54, 1.807) is 0 Å². The van der Waals surface area contributed by atoms with Crippen molar-refractivity contribution in [2.45, 2.75) is 27.7 Å². The van der Waals surface area contributed by atoms with E-state index in [-0.39, 0.29) is 5.56 Å². The first kappa shape index (κ1) is 14.1. The van der Waals surface area contributed by atoms with Gasteiger partial charge in [0.25, 0.3) is 0 Å². The molecule has 0 spiro atoms. The third-order valence-corrected chi connectivity index (χ3v) is 5.17. The monoisotopic (exact) mass is 282 g/mol. The largest absolute Gasteiger partial charge is 0.478 e. The van der Waals surface area contributed by atoms with E-state index >= 15 is 0 Å². The van der Waals surface area contributed by atoms with Crippen LogP contribution in [0.3, 0.4) is 0 Å². The highest BCUT2D eigenvalue weighted by molar-refractivity contribution is 6.33. The maximum atomic E-state index is 10.8. The number of hydrogen-bond acceptors (Lipinski definition) is 3. The number of aromatic carboxylic acids is 1. The van der Waals surface area contributed by atoms with Crippen LogP contribution in [-0.4, -0.2) is 22.6 Å². The van der Waals surface area contributed by atoms with Crippen molar-refractivity contribution in [2.24, 2.45) is 16.7 Å². The fourth-order valence-electron chi connectivity index (χ4n) is 2.73. The van der Waals surface area contributed by atoms with E-state index in [1.807, 2.05) is 0 Å². The van der Waals surface area contributed by atoms with Gasteiger partial charge in [0.1, 0.15) is 5.82 Å². The molecule has 0 aliphatic heterocycles. The predicted octanol–water partition coefficient (Wildman–Crippen LogP) is 3.53. The Hall–Kier alpha value is -1.29. The summed E-state index contributed by atoms with van der Waals surface area (Å²) in [5, 5.41) is 12.4. The summed E-state index contributed by atoms with van der Waals surface area (Å²) in [5.74, 6) is 0.0765. The van der Waals surface area contributed by atoms with Gasteiger partial charge in [-0.1, -0.05) is 39.3 Å². The molecule has 5 heteroatoms. The second-order valence-corrected chi connectivity index (χ2v) is 6.64. The Labute approximate surface area is 118 Å². The van der Waals surface area contributed by atoms with Gasteiger partial charge >= 0.3 is 5.97 Å². The molecule has 0 radical (unpaired) electrons. The predicted molar refractivity (Wildman–Crippen MR) is 75.7 cm³/mol. The zero-order valence-corrected chi connectivity index (χ0v) is 12.4. The van der Waals surface area contributed by atoms with Gasteiger partial charge in [-0.15, -0.1) is 0 Å². The van der Waals surface area contributed by atoms with E-state index in [0.29, 0.717) is 27.6 Å². The van der Waals surface area contributed by atoms with E-state index in [2.05, 4.69) is 38.0 Å². The molecule has 1 aromatic rings. The molecule has 0 atom stereocenters. The van der Waals surface area contributed by atoms with E-state index < -0.39 is 5.97 Å². The zero-order valence-electron chi connectivity index (χ0n) is 11.6. The molecule has 0 unspecified atom stereocenters. The second kappa shape index (κ2) is 4.37. The van der Waals surface area contributed by atoms with Crippen molar-refractivity contribution < 1.29 is 9.90 Å². The summed E-state index contributed by atoms with van der Waals surface area (Å²) < 4.78 is 0. The molecule has 19 heavy (non-hydrogen) atoms. The molecular formula is C14H19ClN2O2. The highest BCUT2D eigenvalue weighted by atomic mass is 35.5. The molecule has 1 fully saturated rings. The molecule has 2 N–H and O–H groups in total. The highest BCUT2D eigenvalue weighted by Crippen LogP contribution is 2.68. The van der Waals surface area contributed by atoms with Crippen molar-refractivity contribution in [3.05, 3.63) is 22.8 Å². The number of nitrogens with zero attached hydrogens (tertiary/aromatic N) is 1. The molecule has 0 amide bonds. The number of carboxylic acid groups (broad SMARTS) is 1. The molecule has 0 bridgehead atoms. The topological polar surface area (TPSA) is 62.2 Å². The Morgan fingerprint density at radius 1 is 1.42 bits per heavy atom. The summed E-state index contributed by atoms with van der Waals surface area (Å²) >= 11 is 6.03. The minimum absolute atomic E-state index is 0.0997. The minimum Gasteiger partial charge on any atom is -0.478 e. The Balaban J connectivity index is 2.04. The number of carbonyl (C=O) groups is 1. The molecule has 104 valence electrons. The van der Waals surface area contributed by atoms with Crippen LogP contribution in [-0.2, 0) is 0 Å². The van der Waals surface area contributed by atoms with E-state index in [4.69, 9.17) is 16.7 Å². The van der Waals surface area contributed by atoms with Crippen LogP contribution < -0.4 is 5.32 Å². The normalized spacial score (nSPS) is 20.1. The standard InChI is InChI=1S/C14H19ClN2O2/c1-13(2)10(14(13,3)4)7-17-11-9(15)5-8(6-16-11)12(18)19/h5-6,10H,7H2,1-4H3,(H,16,17)(H,18,19). The van der Waals surface area contributed by atoms with Crippen LogP contribution in [0, 0.1) is 16.7 Å². The molecule has 0 aromatic carbocycles. The molecule has 4 nitrogen and oxygen atoms in total. The first-order chi connectivity index (χ1) is 8.68. The summed E-state index contributed by atoms with van der Waals surface area (Å²) in [5.41, 5.74) is 0.698. The summed E-state index contributed by atoms with van der Waals surface area (Å²) in [6, 6.07) is 1.42. The maximum absolute atomic E-state index is 10.8. The van der Waals surface area contributed by atoms with E-state index in [9.17, 15) is 4.79 Å². The molecule has 1 aromatic heterocycles. The second-order valence-electron chi connectivity index (χ2n) is 6.24. The third-order valence-electron chi connectivity index (χ3n) is 4.88. The van der Waals surface area contributed by atoms with Gasteiger partial charge < -0.3 is 10.4 Å². The summed E-state index contributed by atoms with van der Waals surface area (Å²) in [4.78, 5) is 14.9. The molecule has 2 rings (SSSR count). The minimum atomic E-state index is -1.02. The first-order valence-electron chi connectivity index (χ1n) is 6.30. The maximum Gasteiger partial charge on any atom is 0.337 e. The number of anilines is 1. The van der Waals surface area contributed by atoms with E-state index in [1.165, 1.54) is 12.3 Å². The molecule has 1 aliphatic rings. The van der Waals surface area contributed by atoms with Crippen molar-refractivity contribution in [3.63, 3.8) is 0 Å². The fraction of sp³-hybridized carbons (Fsp3) is 0.571. The number of carboxylic acids is 1. The number of hydrogen-bond donors (Lipinski definition) is 2. The fourth-order valence-corrected chi connectivity index (χ4v) is 2.96. The van der Waals surface area contributed by atoms with Crippen molar-refractivity contribution in [2.75, 3.05) is 11.9 Å². The van der Waals surface area contributed by atoms with Gasteiger partial charge in [-0.05, 0) is 22.8 Å². The van der Waals surface area contributed by atoms with Crippen LogP contribution in [0.15, 0.2) is 12.3 Å². The number of halogens is 1. The number of nitrogens with one attached hydrogen (secondary N) is 1. The van der Waals surface area contributed by atoms with Gasteiger partial charge in [0.05, 0.1) is 10.6 Å². The summed E-state index contributed by atoms with van der Waals surface area (Å²) in [6.45, 7) is 9.80. The third kappa shape index (κ3) is 2.29. The van der Waals surface area contributed by atoms with Gasteiger partial charge in [-0.3, -0.25) is 0 Å². The molecule has 1 aliphatic carbocycles. The van der Waals surface area contributed by atoms with Gasteiger partial charge in [-0.25, -0.2) is 9.78 Å². The van der Waals surface area contributed by atoms with Crippen LogP contribution in [0.25, 0.3) is 0 Å². The highest BCUT2D eigenvalue weighted by Gasteiger charge is 2.64. The van der Waals surface area contributed by atoms with Crippen LogP contribution >= 0.6 is 11.6 Å². The lowest BCUT2D eigenvalue weighted by molar-refractivity contribution is 0.0696.